The number of para-hydroxylation sites is 1. The van der Waals surface area contributed by atoms with Gasteiger partial charge in [0.05, 0.1) is 31.4 Å². The molecule has 0 radical (unpaired) electrons. The molecule has 1 unspecified atom stereocenters. The van der Waals surface area contributed by atoms with E-state index >= 15 is 0 Å². The normalized spacial score (nSPS) is 18.4. The SMILES string of the molecule is CN(C(=O)N1CCOCC1CC(=O)O)c1ccccc1F. The van der Waals surface area contributed by atoms with Crippen molar-refractivity contribution in [2.24, 2.45) is 0 Å². The number of hydrogen-bond acceptors (Lipinski definition) is 3. The van der Waals surface area contributed by atoms with Crippen LogP contribution in [0.4, 0.5) is 14.9 Å². The van der Waals surface area contributed by atoms with Gasteiger partial charge < -0.3 is 14.7 Å². The number of halogens is 1. The number of nitrogens with zero attached hydrogens (tertiary/aromatic N) is 2. The fourth-order valence-corrected chi connectivity index (χ4v) is 2.30. The lowest BCUT2D eigenvalue weighted by Crippen LogP contribution is -2.53. The van der Waals surface area contributed by atoms with E-state index in [0.717, 1.165) is 0 Å². The van der Waals surface area contributed by atoms with Crippen molar-refractivity contribution in [1.29, 1.82) is 0 Å². The van der Waals surface area contributed by atoms with Crippen LogP contribution in [0.25, 0.3) is 0 Å². The zero-order chi connectivity index (χ0) is 15.4. The van der Waals surface area contributed by atoms with Gasteiger partial charge in [-0.15, -0.1) is 0 Å². The first-order chi connectivity index (χ1) is 10.0. The standard InChI is InChI=1S/C14H17FN2O4/c1-16(12-5-3-2-4-11(12)15)14(20)17-6-7-21-9-10(17)8-13(18)19/h2-5,10H,6-9H2,1H3,(H,18,19). The lowest BCUT2D eigenvalue weighted by atomic mass is 10.1. The van der Waals surface area contributed by atoms with Crippen LogP contribution in [0.3, 0.4) is 0 Å². The van der Waals surface area contributed by atoms with Crippen molar-refractivity contribution in [3.63, 3.8) is 0 Å². The summed E-state index contributed by atoms with van der Waals surface area (Å²) in [7, 11) is 1.47. The first-order valence-electron chi connectivity index (χ1n) is 6.59. The average Bonchev–Trinajstić information content (AvgIpc) is 2.46. The van der Waals surface area contributed by atoms with Crippen LogP contribution in [0, 0.1) is 5.82 Å². The predicted octanol–water partition coefficient (Wildman–Crippen LogP) is 1.56. The van der Waals surface area contributed by atoms with E-state index < -0.39 is 23.9 Å². The smallest absolute Gasteiger partial charge is 0.324 e. The second-order valence-corrected chi connectivity index (χ2v) is 4.81. The zero-order valence-corrected chi connectivity index (χ0v) is 11.7. The molecule has 0 saturated carbocycles. The maximum atomic E-state index is 13.7. The van der Waals surface area contributed by atoms with Gasteiger partial charge in [-0.25, -0.2) is 9.18 Å². The Morgan fingerprint density at radius 2 is 2.19 bits per heavy atom. The number of carboxylic acids is 1. The number of morpholine rings is 1. The van der Waals surface area contributed by atoms with Gasteiger partial charge >= 0.3 is 12.0 Å². The third kappa shape index (κ3) is 3.49. The molecule has 0 aromatic heterocycles. The zero-order valence-electron chi connectivity index (χ0n) is 11.7. The number of amides is 2. The topological polar surface area (TPSA) is 70.1 Å². The lowest BCUT2D eigenvalue weighted by molar-refractivity contribution is -0.139. The highest BCUT2D eigenvalue weighted by Gasteiger charge is 2.31. The number of urea groups is 1. The van der Waals surface area contributed by atoms with Gasteiger partial charge in [0.25, 0.3) is 0 Å². The van der Waals surface area contributed by atoms with E-state index in [0.29, 0.717) is 6.61 Å². The van der Waals surface area contributed by atoms with E-state index in [1.54, 1.807) is 12.1 Å². The van der Waals surface area contributed by atoms with Crippen LogP contribution in [0.15, 0.2) is 24.3 Å². The van der Waals surface area contributed by atoms with Crippen LogP contribution < -0.4 is 4.90 Å². The third-order valence-corrected chi connectivity index (χ3v) is 3.38. The summed E-state index contributed by atoms with van der Waals surface area (Å²) in [5.41, 5.74) is 0.156. The molecule has 7 heteroatoms. The van der Waals surface area contributed by atoms with Gasteiger partial charge in [0, 0.05) is 13.6 Å². The van der Waals surface area contributed by atoms with Crippen molar-refractivity contribution in [3.8, 4) is 0 Å². The molecular formula is C14H17FN2O4. The largest absolute Gasteiger partial charge is 0.481 e. The van der Waals surface area contributed by atoms with Crippen molar-refractivity contribution in [1.82, 2.24) is 4.90 Å². The molecule has 1 atom stereocenters. The number of hydrogen-bond donors (Lipinski definition) is 1. The van der Waals surface area contributed by atoms with Crippen molar-refractivity contribution >= 4 is 17.7 Å². The molecule has 21 heavy (non-hydrogen) atoms. The van der Waals surface area contributed by atoms with Crippen LogP contribution in [0.1, 0.15) is 6.42 Å². The first-order valence-corrected chi connectivity index (χ1v) is 6.59. The third-order valence-electron chi connectivity index (χ3n) is 3.38. The molecule has 1 heterocycles. The lowest BCUT2D eigenvalue weighted by Gasteiger charge is -2.37. The Morgan fingerprint density at radius 1 is 1.48 bits per heavy atom. The maximum Gasteiger partial charge on any atom is 0.324 e. The van der Waals surface area contributed by atoms with Gasteiger partial charge in [0.2, 0.25) is 0 Å². The van der Waals surface area contributed by atoms with E-state index in [-0.39, 0.29) is 25.3 Å². The Morgan fingerprint density at radius 3 is 2.86 bits per heavy atom. The highest BCUT2D eigenvalue weighted by atomic mass is 19.1. The Labute approximate surface area is 121 Å². The summed E-state index contributed by atoms with van der Waals surface area (Å²) in [4.78, 5) is 26.0. The fourth-order valence-electron chi connectivity index (χ4n) is 2.30. The number of aliphatic carboxylic acids is 1. The minimum absolute atomic E-state index is 0.156. The summed E-state index contributed by atoms with van der Waals surface area (Å²) in [6.07, 6.45) is -0.198. The summed E-state index contributed by atoms with van der Waals surface area (Å²) in [5.74, 6) is -1.51. The Kier molecular flexibility index (Phi) is 4.74. The molecule has 1 aliphatic rings. The highest BCUT2D eigenvalue weighted by Crippen LogP contribution is 2.21. The molecule has 1 N–H and O–H groups in total. The van der Waals surface area contributed by atoms with E-state index in [1.807, 2.05) is 0 Å². The molecule has 6 nitrogen and oxygen atoms in total. The summed E-state index contributed by atoms with van der Waals surface area (Å²) < 4.78 is 19.0. The molecule has 1 saturated heterocycles. The summed E-state index contributed by atoms with van der Waals surface area (Å²) in [6, 6.07) is 4.97. The molecular weight excluding hydrogens is 279 g/mol. The predicted molar refractivity (Wildman–Crippen MR) is 73.8 cm³/mol. The van der Waals surface area contributed by atoms with Gasteiger partial charge in [-0.05, 0) is 12.1 Å². The van der Waals surface area contributed by atoms with Crippen LogP contribution in [0.5, 0.6) is 0 Å². The van der Waals surface area contributed by atoms with Gasteiger partial charge in [-0.3, -0.25) is 9.69 Å². The number of benzene rings is 1. The van der Waals surface area contributed by atoms with Crippen LogP contribution in [-0.4, -0.2) is 54.9 Å². The number of ether oxygens (including phenoxy) is 1. The molecule has 0 spiro atoms. The molecule has 1 fully saturated rings. The molecule has 2 amide bonds. The first kappa shape index (κ1) is 15.2. The number of carbonyl (C=O) groups is 2. The quantitative estimate of drug-likeness (QED) is 0.919. The van der Waals surface area contributed by atoms with Gasteiger partial charge in [0.1, 0.15) is 5.82 Å². The highest BCUT2D eigenvalue weighted by molar-refractivity contribution is 5.92. The van der Waals surface area contributed by atoms with E-state index in [2.05, 4.69) is 0 Å². The number of carbonyl (C=O) groups excluding carboxylic acids is 1. The minimum atomic E-state index is -1.00. The molecule has 1 aliphatic heterocycles. The number of rotatable bonds is 3. The Balaban J connectivity index is 2.16. The summed E-state index contributed by atoms with van der Waals surface area (Å²) in [5, 5.41) is 8.90. The molecule has 2 rings (SSSR count). The minimum Gasteiger partial charge on any atom is -0.481 e. The van der Waals surface area contributed by atoms with Gasteiger partial charge in [-0.1, -0.05) is 12.1 Å². The van der Waals surface area contributed by atoms with Crippen molar-refractivity contribution in [3.05, 3.63) is 30.1 Å². The summed E-state index contributed by atoms with van der Waals surface area (Å²) in [6.45, 7) is 0.797. The van der Waals surface area contributed by atoms with Gasteiger partial charge in [0.15, 0.2) is 0 Å². The Bertz CT molecular complexity index is 537. The fraction of sp³-hybridized carbons (Fsp3) is 0.429. The molecule has 0 aliphatic carbocycles. The molecule has 1 aromatic rings. The van der Waals surface area contributed by atoms with E-state index in [9.17, 15) is 14.0 Å². The van der Waals surface area contributed by atoms with Crippen LogP contribution in [-0.2, 0) is 9.53 Å². The molecule has 1 aromatic carbocycles. The van der Waals surface area contributed by atoms with E-state index in [1.165, 1.54) is 29.0 Å². The van der Waals surface area contributed by atoms with Crippen molar-refractivity contribution in [2.45, 2.75) is 12.5 Å². The van der Waals surface area contributed by atoms with Crippen molar-refractivity contribution in [2.75, 3.05) is 31.7 Å². The number of anilines is 1. The second kappa shape index (κ2) is 6.53. The molecule has 114 valence electrons. The number of carboxylic acid groups (broad SMARTS) is 1. The Hall–Kier alpha value is -2.15. The van der Waals surface area contributed by atoms with Crippen LogP contribution in [0.2, 0.25) is 0 Å². The van der Waals surface area contributed by atoms with Crippen LogP contribution >= 0.6 is 0 Å². The monoisotopic (exact) mass is 296 g/mol. The van der Waals surface area contributed by atoms with E-state index in [4.69, 9.17) is 9.84 Å². The van der Waals surface area contributed by atoms with Crippen molar-refractivity contribution < 1.29 is 23.8 Å². The maximum absolute atomic E-state index is 13.7. The van der Waals surface area contributed by atoms with Gasteiger partial charge in [-0.2, -0.15) is 0 Å². The molecule has 0 bridgehead atoms. The second-order valence-electron chi connectivity index (χ2n) is 4.81. The average molecular weight is 296 g/mol. The summed E-state index contributed by atoms with van der Waals surface area (Å²) >= 11 is 0.